The van der Waals surface area contributed by atoms with E-state index in [0.29, 0.717) is 20.5 Å². The summed E-state index contributed by atoms with van der Waals surface area (Å²) in [4.78, 5) is 77.3. The van der Waals surface area contributed by atoms with Gasteiger partial charge in [-0.3, -0.25) is 24.1 Å². The Morgan fingerprint density at radius 1 is 0.919 bits per heavy atom. The number of esters is 1. The predicted octanol–water partition coefficient (Wildman–Crippen LogP) is 1.76. The predicted molar refractivity (Wildman–Crippen MR) is 124 cm³/mol. The van der Waals surface area contributed by atoms with Crippen molar-refractivity contribution in [1.29, 1.82) is 0 Å². The monoisotopic (exact) mass is 509 g/mol. The molecule has 2 aromatic carbocycles. The Kier molecular flexibility index (Phi) is 7.18. The van der Waals surface area contributed by atoms with Crippen LogP contribution in [0.2, 0.25) is 0 Å². The Hall–Kier alpha value is -4.74. The number of hydrazine groups is 1. The number of carboxylic acids is 1. The first-order valence-electron chi connectivity index (χ1n) is 11.4. The second-order valence-corrected chi connectivity index (χ2v) is 8.48. The molecule has 2 aliphatic heterocycles. The number of nitrogens with zero attached hydrogens (tertiary/aromatic N) is 3. The Morgan fingerprint density at radius 3 is 2.08 bits per heavy atom. The highest BCUT2D eigenvalue weighted by atomic mass is 16.5. The van der Waals surface area contributed by atoms with Crippen molar-refractivity contribution in [3.8, 4) is 0 Å². The van der Waals surface area contributed by atoms with Gasteiger partial charge in [-0.2, -0.15) is 0 Å². The summed E-state index contributed by atoms with van der Waals surface area (Å²) in [6, 6.07) is 11.1. The molecule has 0 aliphatic carbocycles. The number of hydrogen-bond acceptors (Lipinski definition) is 7. The van der Waals surface area contributed by atoms with Gasteiger partial charge in [-0.1, -0.05) is 42.5 Å². The molecule has 2 aromatic rings. The van der Waals surface area contributed by atoms with E-state index in [0.717, 1.165) is 0 Å². The minimum absolute atomic E-state index is 0.00599. The zero-order valence-corrected chi connectivity index (χ0v) is 19.5. The molecule has 0 radical (unpaired) electrons. The molecule has 0 spiro atoms. The van der Waals surface area contributed by atoms with Crippen molar-refractivity contribution in [1.82, 2.24) is 14.9 Å². The molecule has 2 atom stereocenters. The first-order valence-corrected chi connectivity index (χ1v) is 11.4. The molecule has 1 saturated heterocycles. The maximum atomic E-state index is 13.8. The lowest BCUT2D eigenvalue weighted by Crippen LogP contribution is -2.64. The van der Waals surface area contributed by atoms with Gasteiger partial charge in [-0.05, 0) is 30.5 Å². The van der Waals surface area contributed by atoms with Gasteiger partial charge >= 0.3 is 18.0 Å². The van der Waals surface area contributed by atoms with Crippen LogP contribution in [0.3, 0.4) is 0 Å². The van der Waals surface area contributed by atoms with Crippen LogP contribution in [0.5, 0.6) is 0 Å². The summed E-state index contributed by atoms with van der Waals surface area (Å²) in [6.45, 7) is -0.330. The lowest BCUT2D eigenvalue weighted by Gasteiger charge is -2.42. The number of ether oxygens (including phenoxy) is 1. The van der Waals surface area contributed by atoms with Gasteiger partial charge in [0.1, 0.15) is 12.6 Å². The number of imide groups is 1. The molecule has 0 aromatic heterocycles. The fourth-order valence-corrected chi connectivity index (χ4v) is 4.41. The Morgan fingerprint density at radius 2 is 1.51 bits per heavy atom. The van der Waals surface area contributed by atoms with Crippen LogP contribution in [0, 0.1) is 0 Å². The summed E-state index contributed by atoms with van der Waals surface area (Å²) in [5, 5.41) is 20.4. The summed E-state index contributed by atoms with van der Waals surface area (Å²) < 4.78 is 5.25. The summed E-state index contributed by atoms with van der Waals surface area (Å²) in [6.07, 6.45) is -2.28. The van der Waals surface area contributed by atoms with E-state index in [9.17, 15) is 39.0 Å². The van der Waals surface area contributed by atoms with Gasteiger partial charge in [0, 0.05) is 6.54 Å². The van der Waals surface area contributed by atoms with Gasteiger partial charge in [0.2, 0.25) is 0 Å². The van der Waals surface area contributed by atoms with Gasteiger partial charge < -0.3 is 14.9 Å². The quantitative estimate of drug-likeness (QED) is 0.418. The SMILES string of the molecule is O=C(CC(C(=O)N1C(C(=O)O)CCCN1C(=O)O)N1C(=O)c2ccccc2C1=O)OCc1ccccc1. The molecule has 1 fully saturated rings. The standard InChI is InChI=1S/C25H23N3O9/c29-20(37-14-15-7-2-1-3-8-15)13-19(27-21(30)16-9-4-5-10-17(16)22(27)31)23(32)28-18(24(33)34)11-6-12-26(28)25(35)36/h1-5,7-10,18-19H,6,11-14H2,(H,33,34)(H,35,36). The Balaban J connectivity index is 1.68. The average molecular weight is 509 g/mol. The van der Waals surface area contributed by atoms with E-state index in [1.807, 2.05) is 0 Å². The third-order valence-corrected chi connectivity index (χ3v) is 6.16. The van der Waals surface area contributed by atoms with Crippen LogP contribution in [0.1, 0.15) is 45.5 Å². The molecule has 4 rings (SSSR count). The van der Waals surface area contributed by atoms with Crippen LogP contribution in [0.15, 0.2) is 54.6 Å². The van der Waals surface area contributed by atoms with Crippen LogP contribution in [0.25, 0.3) is 0 Å². The maximum Gasteiger partial charge on any atom is 0.426 e. The van der Waals surface area contributed by atoms with Crippen LogP contribution in [0.4, 0.5) is 4.79 Å². The Bertz CT molecular complexity index is 1210. The van der Waals surface area contributed by atoms with E-state index in [4.69, 9.17) is 4.74 Å². The van der Waals surface area contributed by atoms with Crippen molar-refractivity contribution in [2.24, 2.45) is 0 Å². The van der Waals surface area contributed by atoms with Gasteiger partial charge in [-0.25, -0.2) is 19.6 Å². The number of hydrogen-bond donors (Lipinski definition) is 2. The fraction of sp³-hybridized carbons (Fsp3) is 0.280. The lowest BCUT2D eigenvalue weighted by atomic mass is 10.0. The highest BCUT2D eigenvalue weighted by Gasteiger charge is 2.49. The number of aliphatic carboxylic acids is 1. The summed E-state index contributed by atoms with van der Waals surface area (Å²) in [5.41, 5.74) is 0.663. The van der Waals surface area contributed by atoms with Crippen LogP contribution in [-0.2, 0) is 25.7 Å². The molecule has 4 amide bonds. The molecule has 2 N–H and O–H groups in total. The van der Waals surface area contributed by atoms with E-state index in [2.05, 4.69) is 0 Å². The first-order chi connectivity index (χ1) is 17.7. The second kappa shape index (κ2) is 10.5. The van der Waals surface area contributed by atoms with E-state index in [1.165, 1.54) is 24.3 Å². The first kappa shape index (κ1) is 25.4. The van der Waals surface area contributed by atoms with Crippen LogP contribution < -0.4 is 0 Å². The van der Waals surface area contributed by atoms with Gasteiger partial charge in [-0.15, -0.1) is 0 Å². The molecule has 2 heterocycles. The third kappa shape index (κ3) is 4.99. The normalized spacial score (nSPS) is 17.8. The summed E-state index contributed by atoms with van der Waals surface area (Å²) >= 11 is 0. The van der Waals surface area contributed by atoms with E-state index in [1.54, 1.807) is 30.3 Å². The van der Waals surface area contributed by atoms with Crippen molar-refractivity contribution in [2.45, 2.75) is 38.0 Å². The van der Waals surface area contributed by atoms with Crippen molar-refractivity contribution < 1.29 is 43.7 Å². The molecular formula is C25H23N3O9. The lowest BCUT2D eigenvalue weighted by molar-refractivity contribution is -0.173. The molecular weight excluding hydrogens is 486 g/mol. The van der Waals surface area contributed by atoms with Crippen molar-refractivity contribution in [3.63, 3.8) is 0 Å². The smallest absolute Gasteiger partial charge is 0.426 e. The highest BCUT2D eigenvalue weighted by Crippen LogP contribution is 2.29. The Labute approximate surface area is 210 Å². The minimum atomic E-state index is -1.84. The zero-order valence-electron chi connectivity index (χ0n) is 19.5. The number of carbonyl (C=O) groups excluding carboxylic acids is 4. The third-order valence-electron chi connectivity index (χ3n) is 6.16. The number of rotatable bonds is 7. The molecule has 2 unspecified atom stereocenters. The summed E-state index contributed by atoms with van der Waals surface area (Å²) in [7, 11) is 0. The minimum Gasteiger partial charge on any atom is -0.480 e. The second-order valence-electron chi connectivity index (χ2n) is 8.48. The number of carbonyl (C=O) groups is 6. The van der Waals surface area contributed by atoms with Crippen molar-refractivity contribution in [3.05, 3.63) is 71.3 Å². The summed E-state index contributed by atoms with van der Waals surface area (Å²) in [5.74, 6) is -5.32. The van der Waals surface area contributed by atoms with Gasteiger partial charge in [0.05, 0.1) is 17.5 Å². The van der Waals surface area contributed by atoms with Gasteiger partial charge in [0.15, 0.2) is 6.04 Å². The van der Waals surface area contributed by atoms with E-state index in [-0.39, 0.29) is 37.1 Å². The topological polar surface area (TPSA) is 162 Å². The highest BCUT2D eigenvalue weighted by molar-refractivity contribution is 6.23. The molecule has 37 heavy (non-hydrogen) atoms. The number of carboxylic acid groups (broad SMARTS) is 2. The number of amides is 4. The maximum absolute atomic E-state index is 13.8. The average Bonchev–Trinajstić information content (AvgIpc) is 3.15. The molecule has 0 bridgehead atoms. The molecule has 12 heteroatoms. The largest absolute Gasteiger partial charge is 0.480 e. The molecule has 12 nitrogen and oxygen atoms in total. The zero-order chi connectivity index (χ0) is 26.7. The van der Waals surface area contributed by atoms with E-state index < -0.39 is 54.3 Å². The van der Waals surface area contributed by atoms with Gasteiger partial charge in [0.25, 0.3) is 17.7 Å². The number of benzene rings is 2. The molecule has 192 valence electrons. The van der Waals surface area contributed by atoms with E-state index >= 15 is 0 Å². The number of fused-ring (bicyclic) bond motifs is 1. The molecule has 0 saturated carbocycles. The fourth-order valence-electron chi connectivity index (χ4n) is 4.41. The van der Waals surface area contributed by atoms with Crippen molar-refractivity contribution in [2.75, 3.05) is 6.54 Å². The van der Waals surface area contributed by atoms with Crippen LogP contribution >= 0.6 is 0 Å². The van der Waals surface area contributed by atoms with Crippen molar-refractivity contribution >= 4 is 35.8 Å². The van der Waals surface area contributed by atoms with Crippen LogP contribution in [-0.4, -0.2) is 79.5 Å². The molecule has 2 aliphatic rings.